The van der Waals surface area contributed by atoms with E-state index in [0.717, 1.165) is 19.3 Å². The smallest absolute Gasteiger partial charge is 0.192 e. The summed E-state index contributed by atoms with van der Waals surface area (Å²) < 4.78 is 6.73. The summed E-state index contributed by atoms with van der Waals surface area (Å²) in [5.74, 6) is 1.18. The van der Waals surface area contributed by atoms with Crippen LogP contribution in [0.4, 0.5) is 0 Å². The zero-order valence-electron chi connectivity index (χ0n) is 17.2. The lowest BCUT2D eigenvalue weighted by Gasteiger charge is -2.42. The summed E-state index contributed by atoms with van der Waals surface area (Å²) in [6, 6.07) is 0. The Hall–Kier alpha value is -0.673. The molecule has 3 heteroatoms. The van der Waals surface area contributed by atoms with Gasteiger partial charge in [0.1, 0.15) is 5.78 Å². The van der Waals surface area contributed by atoms with Gasteiger partial charge in [0.15, 0.2) is 8.32 Å². The van der Waals surface area contributed by atoms with E-state index in [1.165, 1.54) is 0 Å². The Kier molecular flexibility index (Phi) is 10.1. The molecule has 24 heavy (non-hydrogen) atoms. The molecule has 0 aromatic rings. The molecule has 0 aromatic carbocycles. The Bertz CT molecular complexity index is 405. The summed E-state index contributed by atoms with van der Waals surface area (Å²) in [4.78, 5) is 12.4. The van der Waals surface area contributed by atoms with E-state index in [0.29, 0.717) is 30.5 Å². The zero-order chi connectivity index (χ0) is 19.0. The van der Waals surface area contributed by atoms with Crippen LogP contribution in [0.5, 0.6) is 0 Å². The lowest BCUT2D eigenvalue weighted by molar-refractivity contribution is -0.121. The van der Waals surface area contributed by atoms with Crippen LogP contribution in [0.15, 0.2) is 25.3 Å². The van der Waals surface area contributed by atoms with Gasteiger partial charge in [0.25, 0.3) is 0 Å². The Balaban J connectivity index is 5.35. The minimum Gasteiger partial charge on any atom is -0.413 e. The van der Waals surface area contributed by atoms with Crippen molar-refractivity contribution in [3.63, 3.8) is 0 Å². The van der Waals surface area contributed by atoms with Crippen molar-refractivity contribution < 1.29 is 9.22 Å². The summed E-state index contributed by atoms with van der Waals surface area (Å²) in [5.41, 5.74) is 0. The van der Waals surface area contributed by atoms with Crippen LogP contribution in [0.3, 0.4) is 0 Å². The van der Waals surface area contributed by atoms with Gasteiger partial charge in [-0.15, -0.1) is 13.2 Å². The highest BCUT2D eigenvalue weighted by atomic mass is 28.4. The minimum absolute atomic E-state index is 0.0168. The molecule has 0 radical (unpaired) electrons. The van der Waals surface area contributed by atoms with Gasteiger partial charge in [0, 0.05) is 12.8 Å². The normalized spacial score (nSPS) is 15.2. The number of rotatable bonds is 12. The van der Waals surface area contributed by atoms with E-state index in [1.807, 2.05) is 12.2 Å². The van der Waals surface area contributed by atoms with E-state index in [4.69, 9.17) is 4.43 Å². The second kappa shape index (κ2) is 10.3. The largest absolute Gasteiger partial charge is 0.413 e. The molecule has 140 valence electrons. The number of carbonyl (C=O) groups excluding carboxylic acids is 1. The Morgan fingerprint density at radius 2 is 1.67 bits per heavy atom. The van der Waals surface area contributed by atoms with Crippen molar-refractivity contribution in [1.29, 1.82) is 0 Å². The molecule has 2 atom stereocenters. The highest BCUT2D eigenvalue weighted by Gasteiger charge is 2.41. The number of ketones is 1. The molecule has 0 aliphatic heterocycles. The van der Waals surface area contributed by atoms with E-state index in [-0.39, 0.29) is 11.1 Å². The van der Waals surface area contributed by atoms with Gasteiger partial charge in [0.2, 0.25) is 0 Å². The molecule has 2 nitrogen and oxygen atoms in total. The SMILES string of the molecule is C=CCCC(=O)C[C@H](O[Si](C)(C)C(C)(C)C)[C@@H](CCC=C)C(C)C. The minimum atomic E-state index is -1.91. The van der Waals surface area contributed by atoms with E-state index >= 15 is 0 Å². The molecule has 0 saturated heterocycles. The van der Waals surface area contributed by atoms with Crippen LogP contribution in [0.25, 0.3) is 0 Å². The van der Waals surface area contributed by atoms with Crippen LogP contribution in [0.2, 0.25) is 18.1 Å². The van der Waals surface area contributed by atoms with Crippen molar-refractivity contribution in [3.05, 3.63) is 25.3 Å². The number of allylic oxidation sites excluding steroid dienone is 2. The third kappa shape index (κ3) is 7.93. The van der Waals surface area contributed by atoms with Gasteiger partial charge < -0.3 is 4.43 Å². The topological polar surface area (TPSA) is 26.3 Å². The fourth-order valence-corrected chi connectivity index (χ4v) is 4.05. The molecular formula is C21H40O2Si. The fraction of sp³-hybridized carbons (Fsp3) is 0.762. The maximum Gasteiger partial charge on any atom is 0.192 e. The van der Waals surface area contributed by atoms with Crippen LogP contribution in [-0.2, 0) is 9.22 Å². The van der Waals surface area contributed by atoms with E-state index in [9.17, 15) is 4.79 Å². The first-order valence-electron chi connectivity index (χ1n) is 9.37. The Labute approximate surface area is 151 Å². The van der Waals surface area contributed by atoms with Gasteiger partial charge in [-0.3, -0.25) is 4.79 Å². The summed E-state index contributed by atoms with van der Waals surface area (Å²) in [6.07, 6.45) is 7.68. The first kappa shape index (κ1) is 23.3. The van der Waals surface area contributed by atoms with Crippen LogP contribution in [0.1, 0.15) is 66.7 Å². The van der Waals surface area contributed by atoms with Crippen molar-refractivity contribution in [3.8, 4) is 0 Å². The average molecular weight is 353 g/mol. The number of Topliss-reactive ketones (excluding diaryl/α,β-unsaturated/α-hetero) is 1. The molecule has 0 rings (SSSR count). The Morgan fingerprint density at radius 3 is 2.08 bits per heavy atom. The lowest BCUT2D eigenvalue weighted by atomic mass is 9.84. The van der Waals surface area contributed by atoms with Crippen LogP contribution in [-0.4, -0.2) is 20.2 Å². The maximum absolute atomic E-state index is 12.4. The fourth-order valence-electron chi connectivity index (χ4n) is 2.68. The van der Waals surface area contributed by atoms with Crippen LogP contribution >= 0.6 is 0 Å². The average Bonchev–Trinajstić information content (AvgIpc) is 2.43. The van der Waals surface area contributed by atoms with Gasteiger partial charge in [-0.1, -0.05) is 46.8 Å². The summed E-state index contributed by atoms with van der Waals surface area (Å²) in [6.45, 7) is 23.4. The molecule has 0 saturated carbocycles. The monoisotopic (exact) mass is 352 g/mol. The summed E-state index contributed by atoms with van der Waals surface area (Å²) >= 11 is 0. The summed E-state index contributed by atoms with van der Waals surface area (Å²) in [5, 5.41) is 0.148. The highest BCUT2D eigenvalue weighted by molar-refractivity contribution is 6.74. The Morgan fingerprint density at radius 1 is 1.12 bits per heavy atom. The summed E-state index contributed by atoms with van der Waals surface area (Å²) in [7, 11) is -1.91. The van der Waals surface area contributed by atoms with E-state index in [2.05, 4.69) is 60.9 Å². The lowest BCUT2D eigenvalue weighted by Crippen LogP contribution is -2.47. The predicted molar refractivity (Wildman–Crippen MR) is 109 cm³/mol. The number of carbonyl (C=O) groups is 1. The van der Waals surface area contributed by atoms with Crippen LogP contribution < -0.4 is 0 Å². The van der Waals surface area contributed by atoms with Gasteiger partial charge in [-0.25, -0.2) is 0 Å². The van der Waals surface area contributed by atoms with Crippen molar-refractivity contribution in [2.45, 2.75) is 91.0 Å². The quantitative estimate of drug-likeness (QED) is 0.294. The molecule has 0 fully saturated rings. The molecular weight excluding hydrogens is 312 g/mol. The first-order chi connectivity index (χ1) is 11.0. The predicted octanol–water partition coefficient (Wildman–Crippen LogP) is 6.54. The van der Waals surface area contributed by atoms with Crippen LogP contribution in [0, 0.1) is 11.8 Å². The van der Waals surface area contributed by atoms with E-state index in [1.54, 1.807) is 0 Å². The van der Waals surface area contributed by atoms with Crippen molar-refractivity contribution >= 4 is 14.1 Å². The number of hydrogen-bond acceptors (Lipinski definition) is 2. The molecule has 0 N–H and O–H groups in total. The molecule has 0 aliphatic carbocycles. The molecule has 0 unspecified atom stereocenters. The third-order valence-corrected chi connectivity index (χ3v) is 9.85. The van der Waals surface area contributed by atoms with Gasteiger partial charge in [0.05, 0.1) is 6.10 Å². The molecule has 0 amide bonds. The molecule has 0 aliphatic rings. The second-order valence-electron chi connectivity index (χ2n) is 8.76. The maximum atomic E-state index is 12.4. The van der Waals surface area contributed by atoms with Gasteiger partial charge in [-0.05, 0) is 49.2 Å². The standard InChI is InChI=1S/C21H40O2Si/c1-10-12-14-18(22)16-20(19(17(3)4)15-13-11-2)23-24(8,9)21(5,6)7/h10-11,17,19-20H,1-2,12-16H2,3-9H3/t19-,20-/m0/s1. The van der Waals surface area contributed by atoms with Crippen molar-refractivity contribution in [2.24, 2.45) is 11.8 Å². The molecule has 0 heterocycles. The highest BCUT2D eigenvalue weighted by Crippen LogP contribution is 2.40. The van der Waals surface area contributed by atoms with Gasteiger partial charge in [-0.2, -0.15) is 0 Å². The van der Waals surface area contributed by atoms with Gasteiger partial charge >= 0.3 is 0 Å². The van der Waals surface area contributed by atoms with E-state index < -0.39 is 8.32 Å². The first-order valence-corrected chi connectivity index (χ1v) is 12.3. The molecule has 0 aromatic heterocycles. The number of hydrogen-bond donors (Lipinski definition) is 0. The zero-order valence-corrected chi connectivity index (χ0v) is 18.2. The van der Waals surface area contributed by atoms with Crippen molar-refractivity contribution in [2.75, 3.05) is 0 Å². The molecule has 0 bridgehead atoms. The molecule has 0 spiro atoms. The third-order valence-electron chi connectivity index (χ3n) is 5.35. The van der Waals surface area contributed by atoms with Crippen molar-refractivity contribution in [1.82, 2.24) is 0 Å². The second-order valence-corrected chi connectivity index (χ2v) is 13.5.